The van der Waals surface area contributed by atoms with Gasteiger partial charge in [-0.1, -0.05) is 32.9 Å². The molecule has 33 heavy (non-hydrogen) atoms. The van der Waals surface area contributed by atoms with Crippen LogP contribution in [0.25, 0.3) is 17.3 Å². The zero-order chi connectivity index (χ0) is 24.0. The molecule has 4 heterocycles. The summed E-state index contributed by atoms with van der Waals surface area (Å²) in [5.41, 5.74) is 0.192. The summed E-state index contributed by atoms with van der Waals surface area (Å²) in [4.78, 5) is 13.9. The number of aromatic nitrogens is 7. The lowest BCUT2D eigenvalue weighted by molar-refractivity contribution is -0.141. The van der Waals surface area contributed by atoms with Gasteiger partial charge in [0.1, 0.15) is 11.5 Å². The highest BCUT2D eigenvalue weighted by atomic mass is 19.4. The molecule has 0 bridgehead atoms. The Morgan fingerprint density at radius 1 is 0.788 bits per heavy atom. The van der Waals surface area contributed by atoms with Crippen LogP contribution in [0.3, 0.4) is 0 Å². The SMILES string of the molecule is CC(C)(C)c1nc(-c2cccc(C(C)(C)c3cccc(-n4ccc(C(F)(F)F)n4)n3)n2)n[nH]1. The van der Waals surface area contributed by atoms with Crippen LogP contribution in [0, 0.1) is 0 Å². The smallest absolute Gasteiger partial charge is 0.262 e. The molecular formula is C23H24F3N7. The number of hydrogen-bond donors (Lipinski definition) is 1. The van der Waals surface area contributed by atoms with Crippen LogP contribution < -0.4 is 0 Å². The molecule has 0 aliphatic rings. The molecular weight excluding hydrogens is 431 g/mol. The lowest BCUT2D eigenvalue weighted by atomic mass is 9.84. The summed E-state index contributed by atoms with van der Waals surface area (Å²) in [5.74, 6) is 1.54. The predicted octanol–water partition coefficient (Wildman–Crippen LogP) is 5.09. The molecule has 0 saturated heterocycles. The summed E-state index contributed by atoms with van der Waals surface area (Å²) in [6, 6.07) is 11.7. The van der Waals surface area contributed by atoms with Gasteiger partial charge >= 0.3 is 6.18 Å². The Hall–Kier alpha value is -3.56. The highest BCUT2D eigenvalue weighted by molar-refractivity contribution is 5.50. The number of hydrogen-bond acceptors (Lipinski definition) is 5. The third kappa shape index (κ3) is 4.50. The number of nitrogens with zero attached hydrogens (tertiary/aromatic N) is 6. The Morgan fingerprint density at radius 3 is 2.06 bits per heavy atom. The summed E-state index contributed by atoms with van der Waals surface area (Å²) in [6.45, 7) is 10.0. The van der Waals surface area contributed by atoms with Crippen LogP contribution in [-0.4, -0.2) is 34.9 Å². The van der Waals surface area contributed by atoms with Gasteiger partial charge in [0.25, 0.3) is 0 Å². The van der Waals surface area contributed by atoms with Crippen molar-refractivity contribution >= 4 is 0 Å². The van der Waals surface area contributed by atoms with E-state index in [9.17, 15) is 13.2 Å². The van der Waals surface area contributed by atoms with Gasteiger partial charge in [-0.3, -0.25) is 5.10 Å². The number of alkyl halides is 3. The topological polar surface area (TPSA) is 85.2 Å². The van der Waals surface area contributed by atoms with E-state index >= 15 is 0 Å². The van der Waals surface area contributed by atoms with Gasteiger partial charge in [0.15, 0.2) is 17.3 Å². The monoisotopic (exact) mass is 455 g/mol. The van der Waals surface area contributed by atoms with Crippen molar-refractivity contribution in [3.05, 3.63) is 71.6 Å². The van der Waals surface area contributed by atoms with Crippen molar-refractivity contribution in [2.45, 2.75) is 51.6 Å². The molecule has 4 aromatic heterocycles. The van der Waals surface area contributed by atoms with Crippen LogP contribution in [0.15, 0.2) is 48.7 Å². The molecule has 0 saturated carbocycles. The Balaban J connectivity index is 1.68. The summed E-state index contributed by atoms with van der Waals surface area (Å²) in [6.07, 6.45) is -3.27. The van der Waals surface area contributed by atoms with E-state index in [4.69, 9.17) is 4.98 Å². The second-order valence-corrected chi connectivity index (χ2v) is 9.32. The number of halogens is 3. The highest BCUT2D eigenvalue weighted by Gasteiger charge is 2.34. The van der Waals surface area contributed by atoms with E-state index in [1.807, 2.05) is 58.9 Å². The maximum atomic E-state index is 12.9. The lowest BCUT2D eigenvalue weighted by Crippen LogP contribution is -2.23. The number of H-pyrrole nitrogens is 1. The molecule has 0 unspecified atom stereocenters. The summed E-state index contributed by atoms with van der Waals surface area (Å²) in [7, 11) is 0. The van der Waals surface area contributed by atoms with E-state index in [-0.39, 0.29) is 11.2 Å². The first kappa shape index (κ1) is 22.6. The number of pyridine rings is 2. The summed E-state index contributed by atoms with van der Waals surface area (Å²) >= 11 is 0. The third-order valence-electron chi connectivity index (χ3n) is 5.30. The normalized spacial score (nSPS) is 12.8. The third-order valence-corrected chi connectivity index (χ3v) is 5.30. The fourth-order valence-electron chi connectivity index (χ4n) is 3.25. The number of nitrogens with one attached hydrogen (secondary N) is 1. The van der Waals surface area contributed by atoms with Gasteiger partial charge in [-0.15, -0.1) is 0 Å². The standard InChI is InChI=1S/C23H24F3N7/c1-21(2,3)20-29-19(30-31-20)14-8-6-9-15(27-14)22(4,5)16-10-7-11-18(28-16)33-13-12-17(32-33)23(24,25)26/h6-13H,1-5H3,(H,29,30,31). The molecule has 7 nitrogen and oxygen atoms in total. The minimum Gasteiger partial charge on any atom is -0.262 e. The zero-order valence-corrected chi connectivity index (χ0v) is 18.9. The first-order valence-corrected chi connectivity index (χ1v) is 10.4. The fourth-order valence-corrected chi connectivity index (χ4v) is 3.25. The van der Waals surface area contributed by atoms with Crippen molar-refractivity contribution in [3.63, 3.8) is 0 Å². The molecule has 4 rings (SSSR count). The van der Waals surface area contributed by atoms with Crippen molar-refractivity contribution in [1.82, 2.24) is 34.9 Å². The molecule has 172 valence electrons. The molecule has 0 aliphatic carbocycles. The predicted molar refractivity (Wildman–Crippen MR) is 117 cm³/mol. The van der Waals surface area contributed by atoms with Crippen LogP contribution in [-0.2, 0) is 17.0 Å². The van der Waals surface area contributed by atoms with Crippen molar-refractivity contribution < 1.29 is 13.2 Å². The zero-order valence-electron chi connectivity index (χ0n) is 18.9. The first-order valence-electron chi connectivity index (χ1n) is 10.4. The van der Waals surface area contributed by atoms with Crippen LogP contribution in [0.4, 0.5) is 13.2 Å². The van der Waals surface area contributed by atoms with Gasteiger partial charge in [0.2, 0.25) is 0 Å². The molecule has 0 spiro atoms. The molecule has 4 aromatic rings. The van der Waals surface area contributed by atoms with Crippen LogP contribution in [0.2, 0.25) is 0 Å². The van der Waals surface area contributed by atoms with E-state index in [0.29, 0.717) is 17.2 Å². The average Bonchev–Trinajstić information content (AvgIpc) is 3.44. The Kier molecular flexibility index (Phi) is 5.34. The summed E-state index contributed by atoms with van der Waals surface area (Å²) in [5, 5.41) is 10.9. The molecule has 0 fully saturated rings. The quantitative estimate of drug-likeness (QED) is 0.463. The number of aromatic amines is 1. The average molecular weight is 455 g/mol. The van der Waals surface area contributed by atoms with Gasteiger partial charge in [-0.05, 0) is 44.2 Å². The van der Waals surface area contributed by atoms with E-state index in [1.54, 1.807) is 12.1 Å². The maximum absolute atomic E-state index is 12.9. The molecule has 1 N–H and O–H groups in total. The van der Waals surface area contributed by atoms with Gasteiger partial charge in [-0.25, -0.2) is 19.6 Å². The Morgan fingerprint density at radius 2 is 1.45 bits per heavy atom. The van der Waals surface area contributed by atoms with Crippen molar-refractivity contribution in [2.75, 3.05) is 0 Å². The minimum absolute atomic E-state index is 0.176. The maximum Gasteiger partial charge on any atom is 0.435 e. The molecule has 10 heteroatoms. The van der Waals surface area contributed by atoms with Crippen molar-refractivity contribution in [3.8, 4) is 17.3 Å². The largest absolute Gasteiger partial charge is 0.435 e. The molecule has 0 aromatic carbocycles. The van der Waals surface area contributed by atoms with E-state index in [1.165, 1.54) is 6.20 Å². The van der Waals surface area contributed by atoms with E-state index in [2.05, 4.69) is 25.3 Å². The molecule has 0 radical (unpaired) electrons. The fraction of sp³-hybridized carbons (Fsp3) is 0.348. The summed E-state index contributed by atoms with van der Waals surface area (Å²) < 4.78 is 39.9. The highest BCUT2D eigenvalue weighted by Crippen LogP contribution is 2.31. The number of rotatable bonds is 4. The first-order chi connectivity index (χ1) is 15.4. The van der Waals surface area contributed by atoms with Gasteiger partial charge in [-0.2, -0.15) is 23.4 Å². The molecule has 0 amide bonds. The van der Waals surface area contributed by atoms with Gasteiger partial charge in [0.05, 0.1) is 11.4 Å². The van der Waals surface area contributed by atoms with Gasteiger partial charge < -0.3 is 0 Å². The Labute approximate surface area is 189 Å². The van der Waals surface area contributed by atoms with Crippen molar-refractivity contribution in [1.29, 1.82) is 0 Å². The van der Waals surface area contributed by atoms with Crippen LogP contribution in [0.1, 0.15) is 57.5 Å². The molecule has 0 aliphatic heterocycles. The van der Waals surface area contributed by atoms with Crippen molar-refractivity contribution in [2.24, 2.45) is 0 Å². The van der Waals surface area contributed by atoms with Gasteiger partial charge in [0, 0.05) is 17.0 Å². The minimum atomic E-state index is -4.51. The Bertz CT molecular complexity index is 1180. The van der Waals surface area contributed by atoms with Crippen LogP contribution in [0.5, 0.6) is 0 Å². The second-order valence-electron chi connectivity index (χ2n) is 9.32. The van der Waals surface area contributed by atoms with E-state index < -0.39 is 17.3 Å². The lowest BCUT2D eigenvalue weighted by Gasteiger charge is -2.24. The second kappa shape index (κ2) is 7.79. The van der Waals surface area contributed by atoms with Crippen LogP contribution >= 0.6 is 0 Å². The van der Waals surface area contributed by atoms with E-state index in [0.717, 1.165) is 22.3 Å². The molecule has 0 atom stereocenters.